The van der Waals surface area contributed by atoms with E-state index < -0.39 is 13.4 Å². The van der Waals surface area contributed by atoms with Crippen molar-refractivity contribution in [3.8, 4) is 0 Å². The molecule has 2 nitrogen and oxygen atoms in total. The SMILES string of the molecule is C[C@H]1CN(C[B-](F)(F)F)CCO1. The molecule has 0 aromatic heterocycles. The maximum atomic E-state index is 11.9. The number of rotatable bonds is 2. The summed E-state index contributed by atoms with van der Waals surface area (Å²) in [5.74, 6) is 0. The highest BCUT2D eigenvalue weighted by Crippen LogP contribution is 2.13. The summed E-state index contributed by atoms with van der Waals surface area (Å²) in [5.41, 5.74) is 0. The third kappa shape index (κ3) is 3.45. The minimum atomic E-state index is -4.68. The normalized spacial score (nSPS) is 27.5. The van der Waals surface area contributed by atoms with Crippen molar-refractivity contribution in [2.24, 2.45) is 0 Å². The molecule has 0 N–H and O–H groups in total. The fraction of sp³-hybridized carbons (Fsp3) is 1.00. The third-order valence-electron chi connectivity index (χ3n) is 1.79. The highest BCUT2D eigenvalue weighted by Gasteiger charge is 2.28. The minimum absolute atomic E-state index is 0.0723. The van der Waals surface area contributed by atoms with Gasteiger partial charge in [0.15, 0.2) is 0 Å². The molecule has 0 amide bonds. The second kappa shape index (κ2) is 3.66. The van der Waals surface area contributed by atoms with Gasteiger partial charge in [0.05, 0.1) is 12.7 Å². The molecular formula is C6H12BF3NO-. The summed E-state index contributed by atoms with van der Waals surface area (Å²) >= 11 is 0. The summed E-state index contributed by atoms with van der Waals surface area (Å²) in [4.78, 5) is 1.40. The Labute approximate surface area is 69.7 Å². The number of hydrogen-bond acceptors (Lipinski definition) is 2. The van der Waals surface area contributed by atoms with Crippen LogP contribution in [0.15, 0.2) is 0 Å². The van der Waals surface area contributed by atoms with E-state index in [0.717, 1.165) is 0 Å². The molecule has 0 saturated carbocycles. The van der Waals surface area contributed by atoms with Crippen molar-refractivity contribution in [3.05, 3.63) is 0 Å². The van der Waals surface area contributed by atoms with Crippen LogP contribution in [-0.2, 0) is 4.74 Å². The Morgan fingerprint density at radius 2 is 2.17 bits per heavy atom. The predicted octanol–water partition coefficient (Wildman–Crippen LogP) is 1.09. The summed E-state index contributed by atoms with van der Waals surface area (Å²) in [6.07, 6.45) is -0.829. The van der Waals surface area contributed by atoms with Crippen LogP contribution in [-0.4, -0.2) is 44.1 Å². The largest absolute Gasteiger partial charge is 0.492 e. The molecule has 1 saturated heterocycles. The van der Waals surface area contributed by atoms with Gasteiger partial charge in [-0.3, -0.25) is 0 Å². The molecule has 0 spiro atoms. The first-order valence-corrected chi connectivity index (χ1v) is 4.02. The van der Waals surface area contributed by atoms with Gasteiger partial charge in [0, 0.05) is 13.1 Å². The van der Waals surface area contributed by atoms with E-state index in [2.05, 4.69) is 0 Å². The van der Waals surface area contributed by atoms with E-state index in [1.54, 1.807) is 6.92 Å². The van der Waals surface area contributed by atoms with Crippen molar-refractivity contribution in [1.29, 1.82) is 0 Å². The van der Waals surface area contributed by atoms with Gasteiger partial charge in [-0.2, -0.15) is 0 Å². The maximum Gasteiger partial charge on any atom is 0.492 e. The Hall–Kier alpha value is -0.225. The lowest BCUT2D eigenvalue weighted by Crippen LogP contribution is -2.47. The summed E-state index contributed by atoms with van der Waals surface area (Å²) < 4.78 is 41.0. The Morgan fingerprint density at radius 1 is 1.50 bits per heavy atom. The topological polar surface area (TPSA) is 12.5 Å². The summed E-state index contributed by atoms with van der Waals surface area (Å²) in [6.45, 7) is -1.70. The summed E-state index contributed by atoms with van der Waals surface area (Å²) in [7, 11) is 0. The molecular weight excluding hydrogens is 170 g/mol. The van der Waals surface area contributed by atoms with Crippen LogP contribution in [0.5, 0.6) is 0 Å². The molecule has 1 aliphatic heterocycles. The van der Waals surface area contributed by atoms with Crippen molar-refractivity contribution in [2.45, 2.75) is 13.0 Å². The Balaban J connectivity index is 2.32. The van der Waals surface area contributed by atoms with Crippen molar-refractivity contribution in [3.63, 3.8) is 0 Å². The molecule has 0 aromatic carbocycles. The van der Waals surface area contributed by atoms with Gasteiger partial charge in [0.1, 0.15) is 0 Å². The lowest BCUT2D eigenvalue weighted by Gasteiger charge is -2.34. The Kier molecular flexibility index (Phi) is 3.01. The van der Waals surface area contributed by atoms with Crippen LogP contribution >= 0.6 is 0 Å². The zero-order chi connectivity index (χ0) is 9.19. The smallest absolute Gasteiger partial charge is 0.448 e. The monoisotopic (exact) mass is 182 g/mol. The van der Waals surface area contributed by atoms with Gasteiger partial charge in [0.2, 0.25) is 0 Å². The number of ether oxygens (including phenoxy) is 1. The first kappa shape index (κ1) is 9.86. The molecule has 0 bridgehead atoms. The standard InChI is InChI=1S/C6H12BF3NO/c1-6-4-11(2-3-12-6)5-7(8,9)10/h6H,2-5H2,1H3/q-1/t6-/m0/s1. The summed E-state index contributed by atoms with van der Waals surface area (Å²) in [5, 5.41) is 0. The van der Waals surface area contributed by atoms with E-state index in [1.807, 2.05) is 0 Å². The first-order chi connectivity index (χ1) is 5.47. The highest BCUT2D eigenvalue weighted by molar-refractivity contribution is 6.58. The van der Waals surface area contributed by atoms with Gasteiger partial charge in [0.25, 0.3) is 0 Å². The molecule has 0 aromatic rings. The molecule has 1 fully saturated rings. The van der Waals surface area contributed by atoms with Gasteiger partial charge in [-0.25, -0.2) is 0 Å². The van der Waals surface area contributed by atoms with Crippen LogP contribution in [0.25, 0.3) is 0 Å². The zero-order valence-corrected chi connectivity index (χ0v) is 6.97. The van der Waals surface area contributed by atoms with Crippen LogP contribution < -0.4 is 0 Å². The van der Waals surface area contributed by atoms with E-state index >= 15 is 0 Å². The van der Waals surface area contributed by atoms with Crippen molar-refractivity contribution < 1.29 is 17.7 Å². The predicted molar refractivity (Wildman–Crippen MR) is 40.9 cm³/mol. The van der Waals surface area contributed by atoms with Gasteiger partial charge in [-0.1, -0.05) is 0 Å². The van der Waals surface area contributed by atoms with Crippen molar-refractivity contribution in [2.75, 3.05) is 26.1 Å². The van der Waals surface area contributed by atoms with Gasteiger partial charge < -0.3 is 22.6 Å². The lowest BCUT2D eigenvalue weighted by atomic mass is 9.91. The number of morpholine rings is 1. The van der Waals surface area contributed by atoms with Crippen molar-refractivity contribution in [1.82, 2.24) is 4.90 Å². The molecule has 72 valence electrons. The Morgan fingerprint density at radius 3 is 2.67 bits per heavy atom. The van der Waals surface area contributed by atoms with Crippen LogP contribution in [0.2, 0.25) is 0 Å². The van der Waals surface area contributed by atoms with Gasteiger partial charge in [-0.05, 0) is 13.4 Å². The van der Waals surface area contributed by atoms with E-state index in [-0.39, 0.29) is 6.10 Å². The van der Waals surface area contributed by atoms with E-state index in [1.165, 1.54) is 4.90 Å². The molecule has 0 radical (unpaired) electrons. The number of nitrogens with zero attached hydrogens (tertiary/aromatic N) is 1. The molecule has 1 heterocycles. The molecule has 0 aliphatic carbocycles. The molecule has 0 unspecified atom stereocenters. The van der Waals surface area contributed by atoms with E-state index in [9.17, 15) is 12.9 Å². The highest BCUT2D eigenvalue weighted by atomic mass is 19.4. The molecule has 6 heteroatoms. The average Bonchev–Trinajstić information content (AvgIpc) is 1.82. The fourth-order valence-corrected chi connectivity index (χ4v) is 1.35. The molecule has 1 atom stereocenters. The number of hydrogen-bond donors (Lipinski definition) is 0. The zero-order valence-electron chi connectivity index (χ0n) is 6.97. The third-order valence-corrected chi connectivity index (χ3v) is 1.79. The Bertz CT molecular complexity index is 152. The van der Waals surface area contributed by atoms with Crippen LogP contribution in [0.1, 0.15) is 6.92 Å². The van der Waals surface area contributed by atoms with Gasteiger partial charge in [-0.15, -0.1) is 0 Å². The average molecular weight is 182 g/mol. The van der Waals surface area contributed by atoms with Crippen LogP contribution in [0.3, 0.4) is 0 Å². The van der Waals surface area contributed by atoms with Crippen molar-refractivity contribution >= 4 is 6.98 Å². The van der Waals surface area contributed by atoms with Gasteiger partial charge >= 0.3 is 6.98 Å². The van der Waals surface area contributed by atoms with Crippen LogP contribution in [0, 0.1) is 0 Å². The van der Waals surface area contributed by atoms with E-state index in [0.29, 0.717) is 19.7 Å². The maximum absolute atomic E-state index is 11.9. The molecule has 12 heavy (non-hydrogen) atoms. The molecule has 1 rings (SSSR count). The quantitative estimate of drug-likeness (QED) is 0.592. The van der Waals surface area contributed by atoms with Crippen LogP contribution in [0.4, 0.5) is 12.9 Å². The number of halogens is 3. The lowest BCUT2D eigenvalue weighted by molar-refractivity contribution is -0.0144. The molecule has 1 aliphatic rings. The second-order valence-electron chi connectivity index (χ2n) is 3.15. The second-order valence-corrected chi connectivity index (χ2v) is 3.15. The van der Waals surface area contributed by atoms with E-state index in [4.69, 9.17) is 4.74 Å². The minimum Gasteiger partial charge on any atom is -0.448 e. The summed E-state index contributed by atoms with van der Waals surface area (Å²) in [6, 6.07) is 0. The fourth-order valence-electron chi connectivity index (χ4n) is 1.35. The first-order valence-electron chi connectivity index (χ1n) is 4.02.